The largest absolute Gasteiger partial charge is 0.308 e. The number of nitrogens with one attached hydrogen (secondary N) is 1. The summed E-state index contributed by atoms with van der Waals surface area (Å²) in [6.07, 6.45) is 2.15. The second-order valence-corrected chi connectivity index (χ2v) is 6.12. The maximum absolute atomic E-state index is 4.72. The lowest BCUT2D eigenvalue weighted by molar-refractivity contribution is 0.526. The van der Waals surface area contributed by atoms with E-state index in [2.05, 4.69) is 56.4 Å². The Labute approximate surface area is 119 Å². The fourth-order valence-electron chi connectivity index (χ4n) is 2.06. The van der Waals surface area contributed by atoms with Crippen LogP contribution in [0.3, 0.4) is 0 Å². The van der Waals surface area contributed by atoms with Crippen LogP contribution in [-0.4, -0.2) is 11.5 Å². The molecule has 3 heteroatoms. The second-order valence-electron chi connectivity index (χ2n) is 4.89. The van der Waals surface area contributed by atoms with E-state index in [1.54, 1.807) is 0 Å². The highest BCUT2D eigenvalue weighted by molar-refractivity contribution is 7.11. The minimum absolute atomic E-state index is 0.333. The van der Waals surface area contributed by atoms with Gasteiger partial charge in [0, 0.05) is 4.88 Å². The molecule has 1 aromatic carbocycles. The quantitative estimate of drug-likeness (QED) is 0.860. The van der Waals surface area contributed by atoms with Gasteiger partial charge in [0.05, 0.1) is 11.7 Å². The van der Waals surface area contributed by atoms with Gasteiger partial charge in [0.15, 0.2) is 0 Å². The van der Waals surface area contributed by atoms with Crippen molar-refractivity contribution in [2.75, 3.05) is 6.54 Å². The van der Waals surface area contributed by atoms with Crippen molar-refractivity contribution in [3.8, 4) is 0 Å². The lowest BCUT2D eigenvalue weighted by Crippen LogP contribution is -2.24. The van der Waals surface area contributed by atoms with Crippen LogP contribution in [0.15, 0.2) is 30.3 Å². The van der Waals surface area contributed by atoms with Gasteiger partial charge in [-0.3, -0.25) is 0 Å². The van der Waals surface area contributed by atoms with Crippen molar-refractivity contribution in [1.29, 1.82) is 0 Å². The molecule has 102 valence electrons. The summed E-state index contributed by atoms with van der Waals surface area (Å²) in [5.74, 6) is 0. The maximum atomic E-state index is 4.72. The molecule has 1 atom stereocenters. The maximum Gasteiger partial charge on any atom is 0.110 e. The molecule has 0 radical (unpaired) electrons. The number of benzene rings is 1. The Bertz CT molecular complexity index is 485. The molecule has 2 nitrogen and oxygen atoms in total. The molecule has 0 aliphatic rings. The molecule has 0 fully saturated rings. The molecule has 1 aromatic heterocycles. The van der Waals surface area contributed by atoms with Crippen LogP contribution >= 0.6 is 11.3 Å². The number of aryl methyl sites for hydroxylation is 2. The summed E-state index contributed by atoms with van der Waals surface area (Å²) in [6.45, 7) is 7.48. The number of aromatic nitrogens is 1. The minimum atomic E-state index is 0.333. The third-order valence-electron chi connectivity index (χ3n) is 3.27. The SMILES string of the molecule is CCCNC(Cc1ccccc1)c1nc(C)c(C)s1. The molecule has 0 bridgehead atoms. The summed E-state index contributed by atoms with van der Waals surface area (Å²) < 4.78 is 0. The number of hydrogen-bond acceptors (Lipinski definition) is 3. The fourth-order valence-corrected chi connectivity index (χ4v) is 3.06. The van der Waals surface area contributed by atoms with E-state index < -0.39 is 0 Å². The molecule has 0 saturated carbocycles. The monoisotopic (exact) mass is 274 g/mol. The van der Waals surface area contributed by atoms with Crippen molar-refractivity contribution in [1.82, 2.24) is 10.3 Å². The molecule has 0 saturated heterocycles. The molecule has 2 aromatic rings. The first-order valence-electron chi connectivity index (χ1n) is 6.92. The first kappa shape index (κ1) is 14.2. The minimum Gasteiger partial charge on any atom is -0.308 e. The zero-order valence-corrected chi connectivity index (χ0v) is 12.8. The molecule has 19 heavy (non-hydrogen) atoms. The standard InChI is InChI=1S/C16H22N2S/c1-4-10-17-15(11-14-8-6-5-7-9-14)16-18-12(2)13(3)19-16/h5-9,15,17H,4,10-11H2,1-3H3. The van der Waals surface area contributed by atoms with Crippen LogP contribution in [0.1, 0.15) is 40.5 Å². The topological polar surface area (TPSA) is 24.9 Å². The van der Waals surface area contributed by atoms with Crippen molar-refractivity contribution < 1.29 is 0 Å². The summed E-state index contributed by atoms with van der Waals surface area (Å²) >= 11 is 1.82. The Kier molecular flexibility index (Phi) is 5.11. The predicted molar refractivity (Wildman–Crippen MR) is 82.8 cm³/mol. The fraction of sp³-hybridized carbons (Fsp3) is 0.438. The molecule has 1 N–H and O–H groups in total. The molecular weight excluding hydrogens is 252 g/mol. The third-order valence-corrected chi connectivity index (χ3v) is 4.45. The zero-order chi connectivity index (χ0) is 13.7. The lowest BCUT2D eigenvalue weighted by atomic mass is 10.1. The molecular formula is C16H22N2S. The van der Waals surface area contributed by atoms with Gasteiger partial charge in [0.25, 0.3) is 0 Å². The van der Waals surface area contributed by atoms with Gasteiger partial charge in [-0.2, -0.15) is 0 Å². The summed E-state index contributed by atoms with van der Waals surface area (Å²) in [7, 11) is 0. The van der Waals surface area contributed by atoms with Crippen LogP contribution in [0.2, 0.25) is 0 Å². The van der Waals surface area contributed by atoms with Crippen molar-refractivity contribution >= 4 is 11.3 Å². The molecule has 1 heterocycles. The van der Waals surface area contributed by atoms with E-state index >= 15 is 0 Å². The Morgan fingerprint density at radius 2 is 1.95 bits per heavy atom. The number of rotatable bonds is 6. The van der Waals surface area contributed by atoms with Crippen molar-refractivity contribution in [3.63, 3.8) is 0 Å². The Balaban J connectivity index is 2.15. The van der Waals surface area contributed by atoms with Gasteiger partial charge in [-0.15, -0.1) is 11.3 Å². The van der Waals surface area contributed by atoms with E-state index in [1.807, 2.05) is 11.3 Å². The number of hydrogen-bond donors (Lipinski definition) is 1. The number of nitrogens with zero attached hydrogens (tertiary/aromatic N) is 1. The van der Waals surface area contributed by atoms with Crippen LogP contribution in [0, 0.1) is 13.8 Å². The van der Waals surface area contributed by atoms with Crippen LogP contribution in [0.5, 0.6) is 0 Å². The molecule has 0 spiro atoms. The van der Waals surface area contributed by atoms with Gasteiger partial charge in [0.2, 0.25) is 0 Å². The predicted octanol–water partition coefficient (Wildman–Crippen LogP) is 4.04. The third kappa shape index (κ3) is 3.88. The van der Waals surface area contributed by atoms with Crippen molar-refractivity contribution in [3.05, 3.63) is 51.5 Å². The van der Waals surface area contributed by atoms with Gasteiger partial charge in [0.1, 0.15) is 5.01 Å². The Morgan fingerprint density at radius 3 is 2.53 bits per heavy atom. The second kappa shape index (κ2) is 6.83. The van der Waals surface area contributed by atoms with Gasteiger partial charge >= 0.3 is 0 Å². The van der Waals surface area contributed by atoms with Crippen molar-refractivity contribution in [2.45, 2.75) is 39.7 Å². The number of thiazole rings is 1. The average Bonchev–Trinajstić information content (AvgIpc) is 2.76. The van der Waals surface area contributed by atoms with Gasteiger partial charge in [-0.05, 0) is 38.8 Å². The molecule has 1 unspecified atom stereocenters. The molecule has 0 aliphatic carbocycles. The van der Waals surface area contributed by atoms with E-state index in [1.165, 1.54) is 15.4 Å². The average molecular weight is 274 g/mol. The van der Waals surface area contributed by atoms with E-state index in [0.717, 1.165) is 25.1 Å². The van der Waals surface area contributed by atoms with E-state index in [-0.39, 0.29) is 0 Å². The highest BCUT2D eigenvalue weighted by atomic mass is 32.1. The van der Waals surface area contributed by atoms with Gasteiger partial charge in [-0.25, -0.2) is 4.98 Å². The van der Waals surface area contributed by atoms with Crippen LogP contribution in [0.4, 0.5) is 0 Å². The first-order chi connectivity index (χ1) is 9.20. The summed E-state index contributed by atoms with van der Waals surface area (Å²) in [5.41, 5.74) is 2.53. The summed E-state index contributed by atoms with van der Waals surface area (Å²) in [6, 6.07) is 11.0. The Morgan fingerprint density at radius 1 is 1.21 bits per heavy atom. The molecule has 0 aliphatic heterocycles. The first-order valence-corrected chi connectivity index (χ1v) is 7.73. The van der Waals surface area contributed by atoms with Crippen LogP contribution in [-0.2, 0) is 6.42 Å². The lowest BCUT2D eigenvalue weighted by Gasteiger charge is -2.16. The van der Waals surface area contributed by atoms with E-state index in [4.69, 9.17) is 4.98 Å². The van der Waals surface area contributed by atoms with Gasteiger partial charge in [-0.1, -0.05) is 37.3 Å². The summed E-state index contributed by atoms with van der Waals surface area (Å²) in [5, 5.41) is 4.84. The van der Waals surface area contributed by atoms with Gasteiger partial charge < -0.3 is 5.32 Å². The highest BCUT2D eigenvalue weighted by Crippen LogP contribution is 2.25. The zero-order valence-electron chi connectivity index (χ0n) is 11.9. The summed E-state index contributed by atoms with van der Waals surface area (Å²) in [4.78, 5) is 6.04. The highest BCUT2D eigenvalue weighted by Gasteiger charge is 2.16. The molecule has 2 rings (SSSR count). The van der Waals surface area contributed by atoms with E-state index in [0.29, 0.717) is 6.04 Å². The Hall–Kier alpha value is -1.19. The molecule has 0 amide bonds. The van der Waals surface area contributed by atoms with Crippen molar-refractivity contribution in [2.24, 2.45) is 0 Å². The normalized spacial score (nSPS) is 12.6. The van der Waals surface area contributed by atoms with E-state index in [9.17, 15) is 0 Å². The smallest absolute Gasteiger partial charge is 0.110 e. The van der Waals surface area contributed by atoms with Crippen LogP contribution in [0.25, 0.3) is 0 Å². The van der Waals surface area contributed by atoms with Crippen LogP contribution < -0.4 is 5.32 Å².